The van der Waals surface area contributed by atoms with E-state index < -0.39 is 10.0 Å². The van der Waals surface area contributed by atoms with Crippen LogP contribution < -0.4 is 4.72 Å². The van der Waals surface area contributed by atoms with Gasteiger partial charge in [0.15, 0.2) is 5.03 Å². The molecule has 0 aliphatic carbocycles. The smallest absolute Gasteiger partial charge is 0.283 e. The van der Waals surface area contributed by atoms with Gasteiger partial charge in [0.25, 0.3) is 10.0 Å². The van der Waals surface area contributed by atoms with Gasteiger partial charge in [0.2, 0.25) is 5.95 Å². The molecule has 2 heterocycles. The molecule has 104 valence electrons. The molecular weight excluding hydrogens is 278 g/mol. The first-order valence-corrected chi connectivity index (χ1v) is 7.56. The number of aromatic nitrogens is 4. The van der Waals surface area contributed by atoms with Crippen LogP contribution in [-0.4, -0.2) is 27.9 Å². The van der Waals surface area contributed by atoms with Crippen LogP contribution in [0, 0.1) is 0 Å². The lowest BCUT2D eigenvalue weighted by Gasteiger charge is -2.01. The van der Waals surface area contributed by atoms with E-state index in [0.717, 1.165) is 5.52 Å². The van der Waals surface area contributed by atoms with E-state index in [2.05, 4.69) is 19.7 Å². The summed E-state index contributed by atoms with van der Waals surface area (Å²) in [5.74, 6) is 0.178. The van der Waals surface area contributed by atoms with Crippen LogP contribution in [0.25, 0.3) is 11.0 Å². The molecule has 0 aliphatic rings. The zero-order valence-electron chi connectivity index (χ0n) is 10.7. The third-order valence-electron chi connectivity index (χ3n) is 2.87. The first-order chi connectivity index (χ1) is 9.58. The quantitative estimate of drug-likeness (QED) is 0.763. The van der Waals surface area contributed by atoms with Gasteiger partial charge in [-0.1, -0.05) is 12.1 Å². The number of sulfonamides is 1. The normalized spacial score (nSPS) is 11.8. The predicted octanol–water partition coefficient (Wildman–Crippen LogP) is 1.58. The predicted molar refractivity (Wildman–Crippen MR) is 74.8 cm³/mol. The Balaban J connectivity index is 1.92. The summed E-state index contributed by atoms with van der Waals surface area (Å²) in [5, 5.41) is -0.0280. The minimum Gasteiger partial charge on any atom is -0.336 e. The molecule has 1 aromatic carbocycles. The largest absolute Gasteiger partial charge is 0.336 e. The highest BCUT2D eigenvalue weighted by Crippen LogP contribution is 2.16. The van der Waals surface area contributed by atoms with E-state index in [1.807, 2.05) is 25.1 Å². The molecule has 0 saturated carbocycles. The first kappa shape index (κ1) is 12.7. The summed E-state index contributed by atoms with van der Waals surface area (Å²) in [4.78, 5) is 11.0. The number of aryl methyl sites for hydroxylation is 1. The van der Waals surface area contributed by atoms with Crippen molar-refractivity contribution >= 4 is 27.0 Å². The van der Waals surface area contributed by atoms with Gasteiger partial charge in [-0.3, -0.25) is 0 Å². The van der Waals surface area contributed by atoms with Crippen molar-refractivity contribution in [3.63, 3.8) is 0 Å². The average Bonchev–Trinajstić information content (AvgIpc) is 3.04. The zero-order chi connectivity index (χ0) is 14.2. The lowest BCUT2D eigenvalue weighted by atomic mass is 10.3. The van der Waals surface area contributed by atoms with Crippen molar-refractivity contribution in [1.29, 1.82) is 0 Å². The van der Waals surface area contributed by atoms with Crippen LogP contribution in [0.4, 0.5) is 5.95 Å². The molecule has 0 saturated heterocycles. The van der Waals surface area contributed by atoms with Crippen molar-refractivity contribution in [3.05, 3.63) is 36.8 Å². The van der Waals surface area contributed by atoms with Crippen molar-refractivity contribution in [2.45, 2.75) is 18.5 Å². The number of anilines is 1. The number of fused-ring (bicyclic) bond motifs is 1. The fourth-order valence-corrected chi connectivity index (χ4v) is 2.75. The summed E-state index contributed by atoms with van der Waals surface area (Å²) in [5.41, 5.74) is 1.47. The van der Waals surface area contributed by atoms with Gasteiger partial charge in [-0.05, 0) is 19.1 Å². The zero-order valence-corrected chi connectivity index (χ0v) is 11.6. The van der Waals surface area contributed by atoms with Gasteiger partial charge in [-0.2, -0.15) is 8.42 Å². The Kier molecular flexibility index (Phi) is 2.94. The van der Waals surface area contributed by atoms with Crippen LogP contribution in [0.2, 0.25) is 0 Å². The molecule has 7 nitrogen and oxygen atoms in total. The van der Waals surface area contributed by atoms with E-state index in [1.165, 1.54) is 12.5 Å². The van der Waals surface area contributed by atoms with Crippen LogP contribution in [0.5, 0.6) is 0 Å². The van der Waals surface area contributed by atoms with Gasteiger partial charge in [-0.25, -0.2) is 14.7 Å². The monoisotopic (exact) mass is 291 g/mol. The van der Waals surface area contributed by atoms with Crippen molar-refractivity contribution in [3.8, 4) is 0 Å². The van der Waals surface area contributed by atoms with E-state index in [-0.39, 0.29) is 11.0 Å². The van der Waals surface area contributed by atoms with Gasteiger partial charge in [0, 0.05) is 12.7 Å². The third kappa shape index (κ3) is 2.25. The van der Waals surface area contributed by atoms with E-state index in [9.17, 15) is 8.42 Å². The van der Waals surface area contributed by atoms with Crippen LogP contribution in [0.15, 0.2) is 41.8 Å². The molecule has 0 fully saturated rings. The Labute approximate surface area is 115 Å². The highest BCUT2D eigenvalue weighted by Gasteiger charge is 2.19. The molecule has 3 rings (SSSR count). The highest BCUT2D eigenvalue weighted by molar-refractivity contribution is 7.92. The number of rotatable bonds is 4. The summed E-state index contributed by atoms with van der Waals surface area (Å²) in [6.07, 6.45) is 2.96. The molecule has 0 bridgehead atoms. The second-order valence-corrected chi connectivity index (χ2v) is 5.88. The number of hydrogen-bond donors (Lipinski definition) is 2. The number of aromatic amines is 1. The minimum atomic E-state index is -3.73. The molecule has 2 N–H and O–H groups in total. The second-order valence-electron chi connectivity index (χ2n) is 4.25. The standard InChI is InChI=1S/C12H13N5O2S/c1-2-17-7-11(13-8-17)20(18,19)16-12-14-9-5-3-4-6-10(9)15-12/h3-8H,2H2,1H3,(H2,14,15,16). The van der Waals surface area contributed by atoms with Crippen molar-refractivity contribution in [2.75, 3.05) is 4.72 Å². The fourth-order valence-electron chi connectivity index (χ4n) is 1.83. The highest BCUT2D eigenvalue weighted by atomic mass is 32.2. The number of hydrogen-bond acceptors (Lipinski definition) is 4. The first-order valence-electron chi connectivity index (χ1n) is 6.08. The molecule has 0 radical (unpaired) electrons. The Morgan fingerprint density at radius 3 is 2.85 bits per heavy atom. The van der Waals surface area contributed by atoms with E-state index >= 15 is 0 Å². The molecular formula is C12H13N5O2S. The van der Waals surface area contributed by atoms with E-state index in [0.29, 0.717) is 12.1 Å². The van der Waals surface area contributed by atoms with Crippen molar-refractivity contribution in [2.24, 2.45) is 0 Å². The average molecular weight is 291 g/mol. The van der Waals surface area contributed by atoms with Gasteiger partial charge < -0.3 is 9.55 Å². The fraction of sp³-hybridized carbons (Fsp3) is 0.167. The number of H-pyrrole nitrogens is 1. The summed E-state index contributed by atoms with van der Waals surface area (Å²) < 4.78 is 28.4. The number of para-hydroxylation sites is 2. The number of benzene rings is 1. The molecule has 0 amide bonds. The maximum Gasteiger partial charge on any atom is 0.283 e. The molecule has 8 heteroatoms. The van der Waals surface area contributed by atoms with Gasteiger partial charge in [0.05, 0.1) is 17.4 Å². The Morgan fingerprint density at radius 1 is 1.35 bits per heavy atom. The summed E-state index contributed by atoms with van der Waals surface area (Å²) in [7, 11) is -3.73. The Hall–Kier alpha value is -2.35. The lowest BCUT2D eigenvalue weighted by Crippen LogP contribution is -2.14. The van der Waals surface area contributed by atoms with Gasteiger partial charge in [-0.15, -0.1) is 0 Å². The van der Waals surface area contributed by atoms with Crippen molar-refractivity contribution in [1.82, 2.24) is 19.5 Å². The molecule has 20 heavy (non-hydrogen) atoms. The maximum absolute atomic E-state index is 12.2. The van der Waals surface area contributed by atoms with Crippen LogP contribution >= 0.6 is 0 Å². The summed E-state index contributed by atoms with van der Waals surface area (Å²) in [6, 6.07) is 7.31. The van der Waals surface area contributed by atoms with Crippen LogP contribution in [-0.2, 0) is 16.6 Å². The minimum absolute atomic E-state index is 0.0280. The third-order valence-corrected chi connectivity index (χ3v) is 4.09. The molecule has 0 unspecified atom stereocenters. The maximum atomic E-state index is 12.2. The number of nitrogens with zero attached hydrogens (tertiary/aromatic N) is 3. The summed E-state index contributed by atoms with van der Waals surface area (Å²) in [6.45, 7) is 2.57. The summed E-state index contributed by atoms with van der Waals surface area (Å²) >= 11 is 0. The molecule has 0 atom stereocenters. The SMILES string of the molecule is CCn1cnc(S(=O)(=O)Nc2nc3ccccc3[nH]2)c1. The second kappa shape index (κ2) is 4.64. The van der Waals surface area contributed by atoms with E-state index in [4.69, 9.17) is 0 Å². The topological polar surface area (TPSA) is 92.7 Å². The Morgan fingerprint density at radius 2 is 2.15 bits per heavy atom. The van der Waals surface area contributed by atoms with Crippen LogP contribution in [0.3, 0.4) is 0 Å². The van der Waals surface area contributed by atoms with Crippen LogP contribution in [0.1, 0.15) is 6.92 Å². The van der Waals surface area contributed by atoms with Crippen molar-refractivity contribution < 1.29 is 8.42 Å². The molecule has 3 aromatic rings. The van der Waals surface area contributed by atoms with Gasteiger partial charge >= 0.3 is 0 Å². The number of imidazole rings is 2. The van der Waals surface area contributed by atoms with Gasteiger partial charge in [0.1, 0.15) is 0 Å². The molecule has 0 aliphatic heterocycles. The lowest BCUT2D eigenvalue weighted by molar-refractivity contribution is 0.597. The Bertz CT molecular complexity index is 816. The number of nitrogens with one attached hydrogen (secondary N) is 2. The molecule has 2 aromatic heterocycles. The van der Waals surface area contributed by atoms with E-state index in [1.54, 1.807) is 10.6 Å². The molecule has 0 spiro atoms.